The van der Waals surface area contributed by atoms with E-state index in [-0.39, 0.29) is 12.5 Å². The minimum atomic E-state index is -3.44. The van der Waals surface area contributed by atoms with Gasteiger partial charge in [-0.05, 0) is 32.6 Å². The van der Waals surface area contributed by atoms with E-state index in [1.807, 2.05) is 0 Å². The van der Waals surface area contributed by atoms with Crippen molar-refractivity contribution >= 4 is 21.7 Å². The van der Waals surface area contributed by atoms with Crippen molar-refractivity contribution in [3.05, 3.63) is 0 Å². The summed E-state index contributed by atoms with van der Waals surface area (Å²) in [6.45, 7) is 3.10. The molecule has 2 N–H and O–H groups in total. The third kappa shape index (κ3) is 7.81. The highest BCUT2D eigenvalue weighted by atomic mass is 32.2. The minimum Gasteiger partial charge on any atom is -0.481 e. The predicted molar refractivity (Wildman–Crippen MR) is 88.9 cm³/mol. The summed E-state index contributed by atoms with van der Waals surface area (Å²) in [5.74, 6) is -1.46. The molecule has 0 radical (unpaired) electrons. The van der Waals surface area contributed by atoms with Crippen LogP contribution < -0.4 is 5.32 Å². The Balaban J connectivity index is 2.59. The quantitative estimate of drug-likeness (QED) is 0.665. The van der Waals surface area contributed by atoms with Crippen LogP contribution in [0.5, 0.6) is 0 Å². The van der Waals surface area contributed by atoms with Crippen LogP contribution >= 0.6 is 0 Å². The Morgan fingerprint density at radius 3 is 2.30 bits per heavy atom. The first-order valence-corrected chi connectivity index (χ1v) is 10.1. The Bertz CT molecular complexity index is 495. The topological polar surface area (TPSA) is 101 Å². The first-order chi connectivity index (χ1) is 10.7. The maximum absolute atomic E-state index is 12.0. The van der Waals surface area contributed by atoms with Gasteiger partial charge < -0.3 is 10.4 Å². The highest BCUT2D eigenvalue weighted by molar-refractivity contribution is 7.92. The average Bonchev–Trinajstić information content (AvgIpc) is 2.45. The van der Waals surface area contributed by atoms with Gasteiger partial charge in [0.05, 0.1) is 5.25 Å². The number of carboxylic acids is 1. The van der Waals surface area contributed by atoms with Crippen LogP contribution in [-0.2, 0) is 19.4 Å². The molecule has 0 bridgehead atoms. The molecule has 1 aliphatic carbocycles. The van der Waals surface area contributed by atoms with Crippen molar-refractivity contribution in [2.75, 3.05) is 5.75 Å². The van der Waals surface area contributed by atoms with Crippen LogP contribution in [-0.4, -0.2) is 42.4 Å². The number of sulfone groups is 1. The van der Waals surface area contributed by atoms with E-state index >= 15 is 0 Å². The lowest BCUT2D eigenvalue weighted by atomic mass is 9.84. The number of rotatable bonds is 9. The number of carbonyl (C=O) groups excluding carboxylic acids is 1. The van der Waals surface area contributed by atoms with Crippen LogP contribution in [0.2, 0.25) is 0 Å². The smallest absolute Gasteiger partial charge is 0.303 e. The summed E-state index contributed by atoms with van der Waals surface area (Å²) in [6, 6.07) is -0.260. The molecule has 1 rings (SSSR count). The van der Waals surface area contributed by atoms with Crippen molar-refractivity contribution in [3.63, 3.8) is 0 Å². The van der Waals surface area contributed by atoms with Gasteiger partial charge in [-0.15, -0.1) is 0 Å². The molecule has 6 nitrogen and oxygen atoms in total. The first kappa shape index (κ1) is 19.9. The molecule has 1 fully saturated rings. The molecule has 0 heterocycles. The number of hydrogen-bond acceptors (Lipinski definition) is 4. The van der Waals surface area contributed by atoms with E-state index in [0.29, 0.717) is 12.3 Å². The molecule has 7 heteroatoms. The van der Waals surface area contributed by atoms with E-state index in [0.717, 1.165) is 19.3 Å². The standard InChI is InChI=1S/C16H29NO5S/c1-12(2)23(21,22)11-15(18)17-14(8-9-16(19)20)10-13-6-4-3-5-7-13/h12-14H,3-11H2,1-2H3,(H,17,18)(H,19,20). The summed E-state index contributed by atoms with van der Waals surface area (Å²) in [4.78, 5) is 22.8. The zero-order chi connectivity index (χ0) is 17.5. The summed E-state index contributed by atoms with van der Waals surface area (Å²) < 4.78 is 23.6. The van der Waals surface area contributed by atoms with Crippen molar-refractivity contribution < 1.29 is 23.1 Å². The monoisotopic (exact) mass is 347 g/mol. The van der Waals surface area contributed by atoms with Crippen molar-refractivity contribution in [2.45, 2.75) is 76.5 Å². The summed E-state index contributed by atoms with van der Waals surface area (Å²) in [5, 5.41) is 11.0. The van der Waals surface area contributed by atoms with Gasteiger partial charge >= 0.3 is 5.97 Å². The van der Waals surface area contributed by atoms with Crippen LogP contribution in [0.4, 0.5) is 0 Å². The lowest BCUT2D eigenvalue weighted by Crippen LogP contribution is -2.41. The Kier molecular flexibility index (Phi) is 8.02. The Labute approximate surface area is 139 Å². The van der Waals surface area contributed by atoms with Gasteiger partial charge in [-0.2, -0.15) is 0 Å². The van der Waals surface area contributed by atoms with Crippen molar-refractivity contribution in [3.8, 4) is 0 Å². The summed E-state index contributed by atoms with van der Waals surface area (Å²) in [5.41, 5.74) is 0. The molecule has 1 atom stereocenters. The zero-order valence-electron chi connectivity index (χ0n) is 14.1. The second-order valence-electron chi connectivity index (χ2n) is 6.79. The molecule has 0 aromatic rings. The molecule has 1 saturated carbocycles. The number of aliphatic carboxylic acids is 1. The number of hydrogen-bond donors (Lipinski definition) is 2. The highest BCUT2D eigenvalue weighted by Crippen LogP contribution is 2.28. The first-order valence-electron chi connectivity index (χ1n) is 8.43. The molecule has 0 aromatic carbocycles. The van der Waals surface area contributed by atoms with Crippen LogP contribution in [0, 0.1) is 5.92 Å². The van der Waals surface area contributed by atoms with Crippen LogP contribution in [0.1, 0.15) is 65.2 Å². The van der Waals surface area contributed by atoms with Gasteiger partial charge in [0.15, 0.2) is 9.84 Å². The van der Waals surface area contributed by atoms with Crippen molar-refractivity contribution in [1.82, 2.24) is 5.32 Å². The van der Waals surface area contributed by atoms with E-state index < -0.39 is 32.7 Å². The molecule has 1 unspecified atom stereocenters. The zero-order valence-corrected chi connectivity index (χ0v) is 14.9. The van der Waals surface area contributed by atoms with Crippen LogP contribution in [0.25, 0.3) is 0 Å². The second-order valence-corrected chi connectivity index (χ2v) is 9.35. The maximum Gasteiger partial charge on any atom is 0.303 e. The van der Waals surface area contributed by atoms with E-state index in [1.165, 1.54) is 19.3 Å². The van der Waals surface area contributed by atoms with E-state index in [2.05, 4.69) is 5.32 Å². The molecular weight excluding hydrogens is 318 g/mol. The van der Waals surface area contributed by atoms with Gasteiger partial charge in [0, 0.05) is 12.5 Å². The Morgan fingerprint density at radius 1 is 1.17 bits per heavy atom. The summed E-state index contributed by atoms with van der Waals surface area (Å²) in [7, 11) is -3.44. The lowest BCUT2D eigenvalue weighted by molar-refractivity contribution is -0.137. The third-order valence-corrected chi connectivity index (χ3v) is 6.57. The molecular formula is C16H29NO5S. The van der Waals surface area contributed by atoms with E-state index in [9.17, 15) is 18.0 Å². The summed E-state index contributed by atoms with van der Waals surface area (Å²) in [6.07, 6.45) is 6.84. The molecule has 0 aromatic heterocycles. The lowest BCUT2D eigenvalue weighted by Gasteiger charge is -2.27. The molecule has 1 aliphatic rings. The fourth-order valence-electron chi connectivity index (χ4n) is 2.99. The molecule has 23 heavy (non-hydrogen) atoms. The number of carboxylic acid groups (broad SMARTS) is 1. The molecule has 0 saturated heterocycles. The SMILES string of the molecule is CC(C)S(=O)(=O)CC(=O)NC(CCC(=O)O)CC1CCCCC1. The van der Waals surface area contributed by atoms with Gasteiger partial charge in [-0.3, -0.25) is 9.59 Å². The molecule has 1 amide bonds. The number of carbonyl (C=O) groups is 2. The fourth-order valence-corrected chi connectivity index (χ4v) is 3.77. The number of nitrogens with one attached hydrogen (secondary N) is 1. The Hall–Kier alpha value is -1.11. The Morgan fingerprint density at radius 2 is 1.78 bits per heavy atom. The fraction of sp³-hybridized carbons (Fsp3) is 0.875. The highest BCUT2D eigenvalue weighted by Gasteiger charge is 2.25. The minimum absolute atomic E-state index is 0.0192. The molecule has 0 aliphatic heterocycles. The number of amides is 1. The molecule has 0 spiro atoms. The van der Waals surface area contributed by atoms with Crippen molar-refractivity contribution in [1.29, 1.82) is 0 Å². The predicted octanol–water partition coefficient (Wildman–Crippen LogP) is 2.13. The van der Waals surface area contributed by atoms with Gasteiger partial charge in [0.25, 0.3) is 0 Å². The average molecular weight is 347 g/mol. The van der Waals surface area contributed by atoms with Crippen LogP contribution in [0.15, 0.2) is 0 Å². The van der Waals surface area contributed by atoms with E-state index in [4.69, 9.17) is 5.11 Å². The van der Waals surface area contributed by atoms with Gasteiger partial charge in [-0.1, -0.05) is 32.1 Å². The van der Waals surface area contributed by atoms with Gasteiger partial charge in [0.1, 0.15) is 5.75 Å². The molecule has 134 valence electrons. The van der Waals surface area contributed by atoms with Gasteiger partial charge in [-0.25, -0.2) is 8.42 Å². The third-order valence-electron chi connectivity index (χ3n) is 4.46. The summed E-state index contributed by atoms with van der Waals surface area (Å²) >= 11 is 0. The van der Waals surface area contributed by atoms with Gasteiger partial charge in [0.2, 0.25) is 5.91 Å². The second kappa shape index (κ2) is 9.25. The largest absolute Gasteiger partial charge is 0.481 e. The van der Waals surface area contributed by atoms with Crippen molar-refractivity contribution in [2.24, 2.45) is 5.92 Å². The normalized spacial score (nSPS) is 17.9. The van der Waals surface area contributed by atoms with E-state index in [1.54, 1.807) is 13.8 Å². The maximum atomic E-state index is 12.0. The van der Waals surface area contributed by atoms with Crippen LogP contribution in [0.3, 0.4) is 0 Å².